The topological polar surface area (TPSA) is 40.6 Å². The van der Waals surface area contributed by atoms with E-state index in [9.17, 15) is 9.59 Å². The van der Waals surface area contributed by atoms with Gasteiger partial charge in [-0.1, -0.05) is 44.2 Å². The van der Waals surface area contributed by atoms with Crippen LogP contribution in [-0.4, -0.2) is 35.3 Å². The number of nitrogens with zero attached hydrogens (tertiary/aromatic N) is 2. The normalized spacial score (nSPS) is 17.8. The fraction of sp³-hybridized carbons (Fsp3) is 0.429. The SMILES string of the molecule is CC(C)[C@H](c1ccccc1)N1C(=O)CN(C)C1=O. The fourth-order valence-corrected chi connectivity index (χ4v) is 2.39. The average Bonchev–Trinajstić information content (AvgIpc) is 2.57. The summed E-state index contributed by atoms with van der Waals surface area (Å²) in [5, 5.41) is 0. The number of likely N-dealkylation sites (N-methyl/N-ethyl adjacent to an activating group) is 1. The Morgan fingerprint density at radius 1 is 1.11 bits per heavy atom. The molecular weight excluding hydrogens is 228 g/mol. The van der Waals surface area contributed by atoms with Crippen LogP contribution in [0.15, 0.2) is 30.3 Å². The molecule has 1 heterocycles. The molecular formula is C14H18N2O2. The van der Waals surface area contributed by atoms with Gasteiger partial charge in [0.15, 0.2) is 0 Å². The number of benzene rings is 1. The molecule has 0 spiro atoms. The first-order valence-electron chi connectivity index (χ1n) is 6.14. The van der Waals surface area contributed by atoms with Gasteiger partial charge in [-0.2, -0.15) is 0 Å². The molecule has 18 heavy (non-hydrogen) atoms. The number of amides is 3. The van der Waals surface area contributed by atoms with Crippen LogP contribution in [0.2, 0.25) is 0 Å². The van der Waals surface area contributed by atoms with Gasteiger partial charge in [-0.3, -0.25) is 9.69 Å². The van der Waals surface area contributed by atoms with Crippen molar-refractivity contribution in [3.05, 3.63) is 35.9 Å². The highest BCUT2D eigenvalue weighted by Gasteiger charge is 2.40. The van der Waals surface area contributed by atoms with Crippen LogP contribution in [0.3, 0.4) is 0 Å². The van der Waals surface area contributed by atoms with Gasteiger partial charge in [-0.15, -0.1) is 0 Å². The number of hydrogen-bond acceptors (Lipinski definition) is 2. The molecule has 1 aromatic carbocycles. The van der Waals surface area contributed by atoms with Crippen molar-refractivity contribution in [3.63, 3.8) is 0 Å². The van der Waals surface area contributed by atoms with E-state index in [1.165, 1.54) is 9.80 Å². The van der Waals surface area contributed by atoms with E-state index in [1.807, 2.05) is 44.2 Å². The second kappa shape index (κ2) is 4.80. The lowest BCUT2D eigenvalue weighted by Crippen LogP contribution is -2.37. The minimum absolute atomic E-state index is 0.120. The quantitative estimate of drug-likeness (QED) is 0.768. The summed E-state index contributed by atoms with van der Waals surface area (Å²) in [6.45, 7) is 4.22. The molecule has 4 nitrogen and oxygen atoms in total. The molecule has 1 aromatic rings. The second-order valence-electron chi connectivity index (χ2n) is 5.00. The van der Waals surface area contributed by atoms with Crippen LogP contribution >= 0.6 is 0 Å². The van der Waals surface area contributed by atoms with Crippen LogP contribution in [0, 0.1) is 5.92 Å². The molecule has 1 aliphatic heterocycles. The molecule has 2 rings (SSSR count). The molecule has 0 radical (unpaired) electrons. The van der Waals surface area contributed by atoms with Crippen LogP contribution in [0.5, 0.6) is 0 Å². The first kappa shape index (κ1) is 12.6. The van der Waals surface area contributed by atoms with Gasteiger partial charge in [-0.05, 0) is 11.5 Å². The highest BCUT2D eigenvalue weighted by molar-refractivity contribution is 6.02. The predicted octanol–water partition coefficient (Wildman–Crippen LogP) is 2.28. The standard InChI is InChI=1S/C14H18N2O2/c1-10(2)13(11-7-5-4-6-8-11)16-12(17)9-15(3)14(16)18/h4-8,10,13H,9H2,1-3H3/t13-/m1/s1. The third-order valence-corrected chi connectivity index (χ3v) is 3.22. The van der Waals surface area contributed by atoms with E-state index in [2.05, 4.69) is 0 Å². The van der Waals surface area contributed by atoms with Gasteiger partial charge in [0.05, 0.1) is 6.04 Å². The number of rotatable bonds is 3. The molecule has 1 saturated heterocycles. The summed E-state index contributed by atoms with van der Waals surface area (Å²) >= 11 is 0. The predicted molar refractivity (Wildman–Crippen MR) is 68.9 cm³/mol. The molecule has 1 fully saturated rings. The van der Waals surface area contributed by atoms with E-state index >= 15 is 0 Å². The van der Waals surface area contributed by atoms with Gasteiger partial charge in [0.25, 0.3) is 5.91 Å². The molecule has 0 aromatic heterocycles. The second-order valence-corrected chi connectivity index (χ2v) is 5.00. The van der Waals surface area contributed by atoms with E-state index in [1.54, 1.807) is 7.05 Å². The van der Waals surface area contributed by atoms with Crippen molar-refractivity contribution in [2.45, 2.75) is 19.9 Å². The van der Waals surface area contributed by atoms with E-state index in [0.29, 0.717) is 0 Å². The molecule has 96 valence electrons. The lowest BCUT2D eigenvalue weighted by Gasteiger charge is -2.29. The maximum Gasteiger partial charge on any atom is 0.327 e. The zero-order valence-electron chi connectivity index (χ0n) is 11.0. The Labute approximate surface area is 107 Å². The van der Waals surface area contributed by atoms with Crippen molar-refractivity contribution in [3.8, 4) is 0 Å². The fourth-order valence-electron chi connectivity index (χ4n) is 2.39. The van der Waals surface area contributed by atoms with Crippen LogP contribution < -0.4 is 0 Å². The van der Waals surface area contributed by atoms with Gasteiger partial charge < -0.3 is 4.90 Å². The van der Waals surface area contributed by atoms with Crippen molar-refractivity contribution in [2.24, 2.45) is 5.92 Å². The summed E-state index contributed by atoms with van der Waals surface area (Å²) in [5.41, 5.74) is 1.00. The Hall–Kier alpha value is -1.84. The molecule has 3 amide bonds. The third-order valence-electron chi connectivity index (χ3n) is 3.22. The first-order valence-corrected chi connectivity index (χ1v) is 6.14. The van der Waals surface area contributed by atoms with E-state index < -0.39 is 0 Å². The number of urea groups is 1. The van der Waals surface area contributed by atoms with E-state index in [-0.39, 0.29) is 30.4 Å². The zero-order valence-corrected chi connectivity index (χ0v) is 11.0. The molecule has 0 unspecified atom stereocenters. The minimum atomic E-state index is -0.206. The van der Waals surface area contributed by atoms with Crippen molar-refractivity contribution >= 4 is 11.9 Å². The monoisotopic (exact) mass is 246 g/mol. The van der Waals surface area contributed by atoms with Crippen molar-refractivity contribution < 1.29 is 9.59 Å². The van der Waals surface area contributed by atoms with Crippen LogP contribution in [0.4, 0.5) is 4.79 Å². The largest absolute Gasteiger partial charge is 0.327 e. The summed E-state index contributed by atoms with van der Waals surface area (Å²) in [6.07, 6.45) is 0. The van der Waals surface area contributed by atoms with E-state index in [0.717, 1.165) is 5.56 Å². The minimum Gasteiger partial charge on any atom is -0.318 e. The average molecular weight is 246 g/mol. The Morgan fingerprint density at radius 2 is 1.72 bits per heavy atom. The molecule has 0 bridgehead atoms. The molecule has 0 saturated carbocycles. The van der Waals surface area contributed by atoms with Gasteiger partial charge in [0, 0.05) is 7.05 Å². The highest BCUT2D eigenvalue weighted by Crippen LogP contribution is 2.31. The summed E-state index contributed by atoms with van der Waals surface area (Å²) in [6, 6.07) is 9.32. The number of imide groups is 1. The maximum absolute atomic E-state index is 12.1. The lowest BCUT2D eigenvalue weighted by atomic mass is 9.95. The summed E-state index contributed by atoms with van der Waals surface area (Å²) in [7, 11) is 1.66. The third kappa shape index (κ3) is 2.10. The van der Waals surface area contributed by atoms with Gasteiger partial charge in [-0.25, -0.2) is 4.79 Å². The summed E-state index contributed by atoms with van der Waals surface area (Å²) < 4.78 is 0. The number of hydrogen-bond donors (Lipinski definition) is 0. The molecule has 1 aliphatic rings. The van der Waals surface area contributed by atoms with Crippen LogP contribution in [0.1, 0.15) is 25.5 Å². The highest BCUT2D eigenvalue weighted by atomic mass is 16.2. The molecule has 0 N–H and O–H groups in total. The van der Waals surface area contributed by atoms with Crippen molar-refractivity contribution in [1.29, 1.82) is 0 Å². The maximum atomic E-state index is 12.1. The molecule has 0 aliphatic carbocycles. The Morgan fingerprint density at radius 3 is 2.17 bits per heavy atom. The molecule has 4 heteroatoms. The van der Waals surface area contributed by atoms with Gasteiger partial charge in [0.2, 0.25) is 0 Å². The number of carbonyl (C=O) groups excluding carboxylic acids is 2. The zero-order chi connectivity index (χ0) is 13.3. The molecule has 1 atom stereocenters. The van der Waals surface area contributed by atoms with Crippen molar-refractivity contribution in [2.75, 3.05) is 13.6 Å². The number of carbonyl (C=O) groups is 2. The smallest absolute Gasteiger partial charge is 0.318 e. The van der Waals surface area contributed by atoms with Crippen LogP contribution in [-0.2, 0) is 4.79 Å². The van der Waals surface area contributed by atoms with Crippen molar-refractivity contribution in [1.82, 2.24) is 9.80 Å². The Balaban J connectivity index is 2.38. The van der Waals surface area contributed by atoms with Gasteiger partial charge in [0.1, 0.15) is 6.54 Å². The Bertz CT molecular complexity index is 456. The van der Waals surface area contributed by atoms with E-state index in [4.69, 9.17) is 0 Å². The van der Waals surface area contributed by atoms with Crippen LogP contribution in [0.25, 0.3) is 0 Å². The Kier molecular flexibility index (Phi) is 3.36. The summed E-state index contributed by atoms with van der Waals surface area (Å²) in [4.78, 5) is 26.9. The summed E-state index contributed by atoms with van der Waals surface area (Å²) in [5.74, 6) is 0.0665. The lowest BCUT2D eigenvalue weighted by molar-refractivity contribution is -0.127. The van der Waals surface area contributed by atoms with Gasteiger partial charge >= 0.3 is 6.03 Å². The first-order chi connectivity index (χ1) is 8.52.